The van der Waals surface area contributed by atoms with Gasteiger partial charge in [-0.3, -0.25) is 0 Å². The molecule has 7 nitrogen and oxygen atoms in total. The van der Waals surface area contributed by atoms with E-state index in [-0.39, 0.29) is 6.61 Å². The van der Waals surface area contributed by atoms with Crippen LogP contribution in [-0.4, -0.2) is 23.2 Å². The molecule has 0 aliphatic rings. The van der Waals surface area contributed by atoms with Crippen LogP contribution < -0.4 is 9.47 Å². The van der Waals surface area contributed by atoms with E-state index in [2.05, 4.69) is 10.1 Å². The Kier molecular flexibility index (Phi) is 5.75. The molecule has 2 heterocycles. The van der Waals surface area contributed by atoms with Gasteiger partial charge in [0, 0.05) is 5.38 Å². The number of hydrogen-bond donors (Lipinski definition) is 0. The number of carbonyl (C=O) groups is 1. The van der Waals surface area contributed by atoms with Crippen LogP contribution in [0, 0.1) is 20.8 Å². The Bertz CT molecular complexity index is 928. The van der Waals surface area contributed by atoms with E-state index in [4.69, 9.17) is 18.7 Å². The summed E-state index contributed by atoms with van der Waals surface area (Å²) < 4.78 is 21.6. The van der Waals surface area contributed by atoms with Gasteiger partial charge in [-0.2, -0.15) is 0 Å². The van der Waals surface area contributed by atoms with Crippen molar-refractivity contribution in [2.24, 2.45) is 0 Å². The fourth-order valence-electron chi connectivity index (χ4n) is 2.47. The minimum Gasteiger partial charge on any atom is -0.493 e. The number of aryl methyl sites for hydroxylation is 3. The molecule has 27 heavy (non-hydrogen) atoms. The monoisotopic (exact) mass is 388 g/mol. The highest BCUT2D eigenvalue weighted by Gasteiger charge is 2.15. The van der Waals surface area contributed by atoms with Crippen LogP contribution in [0.15, 0.2) is 28.1 Å². The fraction of sp³-hybridized carbons (Fsp3) is 0.316. The Morgan fingerprint density at radius 1 is 1.19 bits per heavy atom. The molecule has 0 spiro atoms. The molecule has 3 rings (SSSR count). The first-order valence-corrected chi connectivity index (χ1v) is 9.16. The summed E-state index contributed by atoms with van der Waals surface area (Å²) >= 11 is 1.52. The lowest BCUT2D eigenvalue weighted by Crippen LogP contribution is -2.06. The smallest absolute Gasteiger partial charge is 0.338 e. The summed E-state index contributed by atoms with van der Waals surface area (Å²) in [5.74, 6) is 1.23. The molecule has 0 unspecified atom stereocenters. The molecular weight excluding hydrogens is 368 g/mol. The predicted molar refractivity (Wildman–Crippen MR) is 99.3 cm³/mol. The summed E-state index contributed by atoms with van der Waals surface area (Å²) in [5.41, 5.74) is 2.78. The minimum absolute atomic E-state index is 0.135. The topological polar surface area (TPSA) is 83.7 Å². The zero-order valence-electron chi connectivity index (χ0n) is 15.6. The van der Waals surface area contributed by atoms with E-state index >= 15 is 0 Å². The van der Waals surface area contributed by atoms with E-state index in [1.165, 1.54) is 18.4 Å². The van der Waals surface area contributed by atoms with Crippen molar-refractivity contribution < 1.29 is 23.5 Å². The molecule has 1 aromatic carbocycles. The van der Waals surface area contributed by atoms with E-state index in [0.717, 1.165) is 22.0 Å². The summed E-state index contributed by atoms with van der Waals surface area (Å²) in [4.78, 5) is 16.5. The maximum atomic E-state index is 12.3. The number of thiazole rings is 1. The van der Waals surface area contributed by atoms with E-state index in [1.807, 2.05) is 26.2 Å². The van der Waals surface area contributed by atoms with Gasteiger partial charge in [-0.15, -0.1) is 11.3 Å². The number of carbonyl (C=O) groups excluding carboxylic acids is 1. The molecule has 0 aliphatic carbocycles. The molecule has 8 heteroatoms. The highest BCUT2D eigenvalue weighted by Crippen LogP contribution is 2.30. The molecule has 142 valence electrons. The van der Waals surface area contributed by atoms with Gasteiger partial charge in [-0.1, -0.05) is 5.16 Å². The third-order valence-corrected chi connectivity index (χ3v) is 4.79. The summed E-state index contributed by atoms with van der Waals surface area (Å²) in [6, 6.07) is 4.91. The Balaban J connectivity index is 1.67. The number of methoxy groups -OCH3 is 1. The summed E-state index contributed by atoms with van der Waals surface area (Å²) in [5, 5.41) is 6.71. The molecule has 3 aromatic rings. The van der Waals surface area contributed by atoms with Gasteiger partial charge in [0.15, 0.2) is 11.5 Å². The molecule has 0 radical (unpaired) electrons. The molecule has 0 fully saturated rings. The third-order valence-electron chi connectivity index (χ3n) is 3.97. The highest BCUT2D eigenvalue weighted by molar-refractivity contribution is 7.09. The SMILES string of the molecule is COc1cc(C(=O)OCc2csc(C)n2)ccc1OCc1c(C)noc1C. The average Bonchev–Trinajstić information content (AvgIpc) is 3.23. The predicted octanol–water partition coefficient (Wildman–Crippen LogP) is 4.00. The number of nitrogens with zero attached hydrogens (tertiary/aromatic N) is 2. The van der Waals surface area contributed by atoms with Crippen LogP contribution in [0.1, 0.15) is 38.1 Å². The van der Waals surface area contributed by atoms with Crippen molar-refractivity contribution in [3.8, 4) is 11.5 Å². The van der Waals surface area contributed by atoms with Crippen LogP contribution in [-0.2, 0) is 18.0 Å². The minimum atomic E-state index is -0.448. The summed E-state index contributed by atoms with van der Waals surface area (Å²) in [6.07, 6.45) is 0. The molecule has 0 saturated carbocycles. The molecule has 0 amide bonds. The van der Waals surface area contributed by atoms with E-state index in [9.17, 15) is 4.79 Å². The van der Waals surface area contributed by atoms with E-state index in [1.54, 1.807) is 18.2 Å². The van der Waals surface area contributed by atoms with Crippen molar-refractivity contribution in [2.75, 3.05) is 7.11 Å². The lowest BCUT2D eigenvalue weighted by molar-refractivity contribution is 0.0468. The van der Waals surface area contributed by atoms with Crippen molar-refractivity contribution >= 4 is 17.3 Å². The van der Waals surface area contributed by atoms with Crippen molar-refractivity contribution in [1.82, 2.24) is 10.1 Å². The Labute approximate surface area is 160 Å². The normalized spacial score (nSPS) is 10.7. The van der Waals surface area contributed by atoms with Crippen LogP contribution in [0.4, 0.5) is 0 Å². The van der Waals surface area contributed by atoms with Gasteiger partial charge < -0.3 is 18.7 Å². The van der Waals surface area contributed by atoms with Crippen LogP contribution in [0.3, 0.4) is 0 Å². The number of esters is 1. The van der Waals surface area contributed by atoms with Gasteiger partial charge in [-0.05, 0) is 39.0 Å². The average molecular weight is 388 g/mol. The third kappa shape index (κ3) is 4.46. The number of hydrogen-bond acceptors (Lipinski definition) is 8. The number of ether oxygens (including phenoxy) is 3. The van der Waals surface area contributed by atoms with Crippen molar-refractivity contribution in [1.29, 1.82) is 0 Å². The zero-order chi connectivity index (χ0) is 19.4. The van der Waals surface area contributed by atoms with Crippen LogP contribution in [0.2, 0.25) is 0 Å². The highest BCUT2D eigenvalue weighted by atomic mass is 32.1. The Morgan fingerprint density at radius 2 is 2.00 bits per heavy atom. The first-order valence-electron chi connectivity index (χ1n) is 8.28. The first kappa shape index (κ1) is 18.9. The van der Waals surface area contributed by atoms with Gasteiger partial charge in [0.25, 0.3) is 0 Å². The molecule has 2 aromatic heterocycles. The molecule has 0 bridgehead atoms. The van der Waals surface area contributed by atoms with Gasteiger partial charge >= 0.3 is 5.97 Å². The largest absolute Gasteiger partial charge is 0.493 e. The van der Waals surface area contributed by atoms with E-state index in [0.29, 0.717) is 29.4 Å². The molecule has 0 saturated heterocycles. The molecule has 0 aliphatic heterocycles. The Hall–Kier alpha value is -2.87. The number of benzene rings is 1. The Morgan fingerprint density at radius 3 is 2.63 bits per heavy atom. The van der Waals surface area contributed by atoms with Gasteiger partial charge in [0.2, 0.25) is 0 Å². The summed E-state index contributed by atoms with van der Waals surface area (Å²) in [7, 11) is 1.52. The van der Waals surface area contributed by atoms with Crippen LogP contribution >= 0.6 is 11.3 Å². The van der Waals surface area contributed by atoms with E-state index < -0.39 is 5.97 Å². The second-order valence-corrected chi connectivity index (χ2v) is 6.95. The number of rotatable bonds is 7. The second-order valence-electron chi connectivity index (χ2n) is 5.89. The fourth-order valence-corrected chi connectivity index (χ4v) is 3.07. The van der Waals surface area contributed by atoms with Crippen LogP contribution in [0.5, 0.6) is 11.5 Å². The maximum absolute atomic E-state index is 12.3. The lowest BCUT2D eigenvalue weighted by Gasteiger charge is -2.12. The first-order chi connectivity index (χ1) is 13.0. The molecule has 0 N–H and O–H groups in total. The molecule has 0 atom stereocenters. The standard InChI is InChI=1S/C19H20N2O5S/c1-11-16(12(2)26-21-11)9-24-17-6-5-14(7-18(17)23-4)19(22)25-8-15-10-27-13(3)20-15/h5-7,10H,8-9H2,1-4H3. The van der Waals surface area contributed by atoms with Gasteiger partial charge in [-0.25, -0.2) is 9.78 Å². The summed E-state index contributed by atoms with van der Waals surface area (Å²) in [6.45, 7) is 6.02. The lowest BCUT2D eigenvalue weighted by atomic mass is 10.2. The maximum Gasteiger partial charge on any atom is 0.338 e. The van der Waals surface area contributed by atoms with Crippen LogP contribution in [0.25, 0.3) is 0 Å². The second kappa shape index (κ2) is 8.22. The zero-order valence-corrected chi connectivity index (χ0v) is 16.4. The molecular formula is C19H20N2O5S. The number of aromatic nitrogens is 2. The van der Waals surface area contributed by atoms with Crippen molar-refractivity contribution in [2.45, 2.75) is 34.0 Å². The van der Waals surface area contributed by atoms with Gasteiger partial charge in [0.1, 0.15) is 19.0 Å². The quantitative estimate of drug-likeness (QED) is 0.566. The van der Waals surface area contributed by atoms with Crippen molar-refractivity contribution in [3.63, 3.8) is 0 Å². The van der Waals surface area contributed by atoms with Crippen molar-refractivity contribution in [3.05, 3.63) is 56.9 Å². The van der Waals surface area contributed by atoms with Gasteiger partial charge in [0.05, 0.1) is 34.6 Å².